The lowest BCUT2D eigenvalue weighted by molar-refractivity contribution is -0.121. The largest absolute Gasteiger partial charge is 0.497 e. The van der Waals surface area contributed by atoms with Crippen LogP contribution in [0.3, 0.4) is 0 Å². The van der Waals surface area contributed by atoms with Gasteiger partial charge < -0.3 is 24.3 Å². The lowest BCUT2D eigenvalue weighted by atomic mass is 9.95. The average Bonchev–Trinajstić information content (AvgIpc) is 3.28. The van der Waals surface area contributed by atoms with Gasteiger partial charge in [-0.05, 0) is 49.2 Å². The number of likely N-dealkylation sites (tertiary alicyclic amines) is 1. The minimum Gasteiger partial charge on any atom is -0.497 e. The molecule has 1 aromatic heterocycles. The van der Waals surface area contributed by atoms with Gasteiger partial charge in [-0.25, -0.2) is 4.98 Å². The van der Waals surface area contributed by atoms with E-state index in [0.29, 0.717) is 43.0 Å². The van der Waals surface area contributed by atoms with Gasteiger partial charge in [-0.2, -0.15) is 0 Å². The summed E-state index contributed by atoms with van der Waals surface area (Å²) >= 11 is 1.57. The van der Waals surface area contributed by atoms with Crippen LogP contribution in [-0.2, 0) is 11.8 Å². The second-order valence-corrected chi connectivity index (χ2v) is 9.14. The van der Waals surface area contributed by atoms with Gasteiger partial charge in [-0.3, -0.25) is 9.59 Å². The van der Waals surface area contributed by atoms with Crippen LogP contribution in [-0.4, -0.2) is 53.6 Å². The van der Waals surface area contributed by atoms with Crippen LogP contribution in [0.15, 0.2) is 64.9 Å². The molecule has 1 aliphatic heterocycles. The second kappa shape index (κ2) is 10.6. The number of methoxy groups -OCH3 is 2. The molecule has 0 aliphatic carbocycles. The Morgan fingerprint density at radius 2 is 1.68 bits per heavy atom. The zero-order valence-electron chi connectivity index (χ0n) is 19.5. The van der Waals surface area contributed by atoms with Gasteiger partial charge in [0.15, 0.2) is 5.16 Å². The third-order valence-electron chi connectivity index (χ3n) is 5.86. The summed E-state index contributed by atoms with van der Waals surface area (Å²) in [6.45, 7) is 1.05. The van der Waals surface area contributed by atoms with E-state index in [0.717, 1.165) is 15.7 Å². The number of benzene rings is 2. The molecular weight excluding hydrogens is 452 g/mol. The van der Waals surface area contributed by atoms with Crippen molar-refractivity contribution >= 4 is 29.3 Å². The summed E-state index contributed by atoms with van der Waals surface area (Å²) in [6, 6.07) is 12.9. The zero-order valence-corrected chi connectivity index (χ0v) is 20.3. The van der Waals surface area contributed by atoms with Gasteiger partial charge in [-0.15, -0.1) is 0 Å². The van der Waals surface area contributed by atoms with E-state index < -0.39 is 0 Å². The Balaban J connectivity index is 1.30. The van der Waals surface area contributed by atoms with Crippen LogP contribution in [0.2, 0.25) is 0 Å². The molecular formula is C25H28N4O4S. The molecule has 4 rings (SSSR count). The van der Waals surface area contributed by atoms with Gasteiger partial charge >= 0.3 is 0 Å². The Labute approximate surface area is 203 Å². The normalized spacial score (nSPS) is 14.0. The van der Waals surface area contributed by atoms with E-state index >= 15 is 0 Å². The molecule has 2 aromatic carbocycles. The third kappa shape index (κ3) is 5.53. The summed E-state index contributed by atoms with van der Waals surface area (Å²) in [4.78, 5) is 32.9. The molecule has 34 heavy (non-hydrogen) atoms. The minimum atomic E-state index is -0.134. The van der Waals surface area contributed by atoms with Crippen LogP contribution < -0.4 is 14.8 Å². The number of imidazole rings is 1. The number of aryl methyl sites for hydroxylation is 1. The smallest absolute Gasteiger partial charge is 0.254 e. The fourth-order valence-electron chi connectivity index (χ4n) is 3.86. The highest BCUT2D eigenvalue weighted by Gasteiger charge is 2.28. The molecule has 1 aliphatic rings. The standard InChI is InChI=1S/C25H28N4O4S/c1-28-13-10-26-25(28)34-22-6-4-19(5-7-22)27-23(30)17-8-11-29(12-9-17)24(31)18-14-20(32-2)16-21(15-18)33-3/h4-7,10,13-17H,8-9,11-12H2,1-3H3,(H,27,30). The average molecular weight is 481 g/mol. The maximum atomic E-state index is 13.0. The molecule has 3 aromatic rings. The van der Waals surface area contributed by atoms with Gasteiger partial charge in [0, 0.05) is 60.7 Å². The Bertz CT molecular complexity index is 1130. The quantitative estimate of drug-likeness (QED) is 0.549. The SMILES string of the molecule is COc1cc(OC)cc(C(=O)N2CCC(C(=O)Nc3ccc(Sc4nccn4C)cc3)CC2)c1. The van der Waals surface area contributed by atoms with Gasteiger partial charge in [0.2, 0.25) is 5.91 Å². The fraction of sp³-hybridized carbons (Fsp3) is 0.320. The topological polar surface area (TPSA) is 85.7 Å². The van der Waals surface area contributed by atoms with Crippen molar-refractivity contribution in [2.75, 3.05) is 32.6 Å². The number of nitrogens with zero attached hydrogens (tertiary/aromatic N) is 3. The van der Waals surface area contributed by atoms with Crippen LogP contribution >= 0.6 is 11.8 Å². The first-order chi connectivity index (χ1) is 16.5. The lowest BCUT2D eigenvalue weighted by Gasteiger charge is -2.31. The molecule has 0 atom stereocenters. The summed E-state index contributed by atoms with van der Waals surface area (Å²) in [7, 11) is 5.07. The van der Waals surface area contributed by atoms with Crippen LogP contribution in [0.1, 0.15) is 23.2 Å². The van der Waals surface area contributed by atoms with Crippen molar-refractivity contribution in [2.24, 2.45) is 13.0 Å². The number of aromatic nitrogens is 2. The molecule has 1 saturated heterocycles. The highest BCUT2D eigenvalue weighted by molar-refractivity contribution is 7.99. The van der Waals surface area contributed by atoms with Crippen LogP contribution in [0.5, 0.6) is 11.5 Å². The van der Waals surface area contributed by atoms with Crippen molar-refractivity contribution in [3.05, 3.63) is 60.4 Å². The van der Waals surface area contributed by atoms with Gasteiger partial charge in [-0.1, -0.05) is 11.8 Å². The van der Waals surface area contributed by atoms with E-state index in [1.165, 1.54) is 0 Å². The van der Waals surface area contributed by atoms with E-state index in [2.05, 4.69) is 10.3 Å². The summed E-state index contributed by atoms with van der Waals surface area (Å²) in [6.07, 6.45) is 4.91. The van der Waals surface area contributed by atoms with Gasteiger partial charge in [0.1, 0.15) is 11.5 Å². The van der Waals surface area contributed by atoms with E-state index in [1.54, 1.807) is 55.3 Å². The molecule has 1 fully saturated rings. The second-order valence-electron chi connectivity index (χ2n) is 8.10. The number of piperidine rings is 1. The van der Waals surface area contributed by atoms with Crippen LogP contribution in [0.25, 0.3) is 0 Å². The number of amides is 2. The van der Waals surface area contributed by atoms with Crippen molar-refractivity contribution in [2.45, 2.75) is 22.9 Å². The predicted octanol–water partition coefficient (Wildman–Crippen LogP) is 4.08. The number of nitrogens with one attached hydrogen (secondary N) is 1. The molecule has 2 amide bonds. The number of ether oxygens (including phenoxy) is 2. The molecule has 8 nitrogen and oxygen atoms in total. The Morgan fingerprint density at radius 3 is 2.24 bits per heavy atom. The number of carbonyl (C=O) groups is 2. The predicted molar refractivity (Wildman–Crippen MR) is 131 cm³/mol. The third-order valence-corrected chi connectivity index (χ3v) is 6.94. The van der Waals surface area contributed by atoms with Crippen molar-refractivity contribution in [1.29, 1.82) is 0 Å². The number of carbonyl (C=O) groups excluding carboxylic acids is 2. The molecule has 178 valence electrons. The molecule has 0 unspecified atom stereocenters. The van der Waals surface area contributed by atoms with Crippen LogP contribution in [0, 0.1) is 5.92 Å². The van der Waals surface area contributed by atoms with E-state index in [9.17, 15) is 9.59 Å². The minimum absolute atomic E-state index is 0.0142. The van der Waals surface area contributed by atoms with Crippen LogP contribution in [0.4, 0.5) is 5.69 Å². The first kappa shape index (κ1) is 23.7. The summed E-state index contributed by atoms with van der Waals surface area (Å²) < 4.78 is 12.5. The first-order valence-electron chi connectivity index (χ1n) is 11.1. The Morgan fingerprint density at radius 1 is 1.03 bits per heavy atom. The molecule has 2 heterocycles. The number of rotatable bonds is 7. The van der Waals surface area contributed by atoms with E-state index in [1.807, 2.05) is 42.1 Å². The highest BCUT2D eigenvalue weighted by atomic mass is 32.2. The first-order valence-corrected chi connectivity index (χ1v) is 11.9. The zero-order chi connectivity index (χ0) is 24.1. The molecule has 0 spiro atoms. The molecule has 0 radical (unpaired) electrons. The Hall–Kier alpha value is -3.46. The molecule has 0 saturated carbocycles. The van der Waals surface area contributed by atoms with Crippen molar-refractivity contribution < 1.29 is 19.1 Å². The van der Waals surface area contributed by atoms with E-state index in [4.69, 9.17) is 9.47 Å². The molecule has 1 N–H and O–H groups in total. The number of hydrogen-bond donors (Lipinski definition) is 1. The van der Waals surface area contributed by atoms with Crippen molar-refractivity contribution in [3.8, 4) is 11.5 Å². The monoisotopic (exact) mass is 480 g/mol. The molecule has 9 heteroatoms. The summed E-state index contributed by atoms with van der Waals surface area (Å²) in [5, 5.41) is 3.92. The maximum absolute atomic E-state index is 13.0. The lowest BCUT2D eigenvalue weighted by Crippen LogP contribution is -2.41. The number of anilines is 1. The summed E-state index contributed by atoms with van der Waals surface area (Å²) in [5.74, 6) is 0.907. The van der Waals surface area contributed by atoms with Gasteiger partial charge in [0.05, 0.1) is 14.2 Å². The van der Waals surface area contributed by atoms with Crippen molar-refractivity contribution in [3.63, 3.8) is 0 Å². The fourth-order valence-corrected chi connectivity index (χ4v) is 4.67. The van der Waals surface area contributed by atoms with Crippen molar-refractivity contribution in [1.82, 2.24) is 14.5 Å². The Kier molecular flexibility index (Phi) is 7.42. The van der Waals surface area contributed by atoms with E-state index in [-0.39, 0.29) is 17.7 Å². The highest BCUT2D eigenvalue weighted by Crippen LogP contribution is 2.28. The molecule has 0 bridgehead atoms. The van der Waals surface area contributed by atoms with Gasteiger partial charge in [0.25, 0.3) is 5.91 Å². The number of hydrogen-bond acceptors (Lipinski definition) is 6. The maximum Gasteiger partial charge on any atom is 0.254 e. The summed E-state index contributed by atoms with van der Waals surface area (Å²) in [5.41, 5.74) is 1.28.